The van der Waals surface area contributed by atoms with Crippen molar-refractivity contribution >= 4 is 11.7 Å². The van der Waals surface area contributed by atoms with Crippen LogP contribution in [0.4, 0.5) is 5.69 Å². The quantitative estimate of drug-likeness (QED) is 0.654. The van der Waals surface area contributed by atoms with Crippen molar-refractivity contribution in [2.24, 2.45) is 7.05 Å². The molecule has 1 aromatic carbocycles. The molecule has 0 aliphatic heterocycles. The summed E-state index contributed by atoms with van der Waals surface area (Å²) >= 11 is 0. The van der Waals surface area contributed by atoms with Crippen LogP contribution in [-0.4, -0.2) is 22.4 Å². The number of ether oxygens (including phenoxy) is 1. The molecule has 0 fully saturated rings. The zero-order chi connectivity index (χ0) is 15.2. The molecule has 0 spiro atoms. The number of carbonyl (C=O) groups excluding carboxylic acids is 1. The molecule has 1 aromatic heterocycles. The molecule has 5 heteroatoms. The molecule has 0 unspecified atom stereocenters. The number of esters is 1. The maximum atomic E-state index is 12.1. The van der Waals surface area contributed by atoms with Crippen LogP contribution in [-0.2, 0) is 24.6 Å². The highest BCUT2D eigenvalue weighted by atomic mass is 16.5. The van der Waals surface area contributed by atoms with Crippen LogP contribution in [0.2, 0.25) is 0 Å². The molecule has 2 aromatic rings. The zero-order valence-corrected chi connectivity index (χ0v) is 12.5. The third-order valence-corrected chi connectivity index (χ3v) is 3.37. The Labute approximate surface area is 124 Å². The first-order valence-corrected chi connectivity index (χ1v) is 7.15. The Kier molecular flexibility index (Phi) is 4.98. The summed E-state index contributed by atoms with van der Waals surface area (Å²) in [5.41, 5.74) is 8.66. The number of aromatic nitrogens is 2. The second-order valence-electron chi connectivity index (χ2n) is 4.91. The van der Waals surface area contributed by atoms with Gasteiger partial charge in [-0.1, -0.05) is 37.3 Å². The van der Waals surface area contributed by atoms with E-state index in [4.69, 9.17) is 10.5 Å². The van der Waals surface area contributed by atoms with Crippen molar-refractivity contribution in [3.8, 4) is 0 Å². The number of nitrogen functional groups attached to an aromatic ring is 1. The van der Waals surface area contributed by atoms with Gasteiger partial charge in [-0.25, -0.2) is 4.79 Å². The number of hydrogen-bond acceptors (Lipinski definition) is 4. The third-order valence-electron chi connectivity index (χ3n) is 3.37. The Morgan fingerprint density at radius 1 is 1.33 bits per heavy atom. The molecular weight excluding hydrogens is 266 g/mol. The molecule has 21 heavy (non-hydrogen) atoms. The predicted molar refractivity (Wildman–Crippen MR) is 82.0 cm³/mol. The molecule has 0 saturated heterocycles. The summed E-state index contributed by atoms with van der Waals surface area (Å²) in [6, 6.07) is 10.1. The second-order valence-corrected chi connectivity index (χ2v) is 4.91. The zero-order valence-electron chi connectivity index (χ0n) is 12.5. The summed E-state index contributed by atoms with van der Waals surface area (Å²) in [5.74, 6) is -0.407. The summed E-state index contributed by atoms with van der Waals surface area (Å²) in [6.07, 6.45) is 2.37. The van der Waals surface area contributed by atoms with Crippen LogP contribution >= 0.6 is 0 Å². The number of anilines is 1. The van der Waals surface area contributed by atoms with Gasteiger partial charge < -0.3 is 10.5 Å². The van der Waals surface area contributed by atoms with Gasteiger partial charge in [0.1, 0.15) is 0 Å². The summed E-state index contributed by atoms with van der Waals surface area (Å²) < 4.78 is 6.78. The molecular formula is C16H21N3O2. The largest absolute Gasteiger partial charge is 0.461 e. The second kappa shape index (κ2) is 6.92. The fourth-order valence-electron chi connectivity index (χ4n) is 2.25. The Balaban J connectivity index is 1.86. The number of carbonyl (C=O) groups is 1. The van der Waals surface area contributed by atoms with Crippen molar-refractivity contribution in [2.45, 2.75) is 26.2 Å². The minimum atomic E-state index is -0.407. The number of hydrogen-bond donors (Lipinski definition) is 1. The maximum absolute atomic E-state index is 12.1. The third kappa shape index (κ3) is 3.62. The lowest BCUT2D eigenvalue weighted by Crippen LogP contribution is -2.13. The van der Waals surface area contributed by atoms with E-state index in [1.807, 2.05) is 25.1 Å². The van der Waals surface area contributed by atoms with Crippen LogP contribution in [0.25, 0.3) is 0 Å². The van der Waals surface area contributed by atoms with E-state index in [1.54, 1.807) is 7.05 Å². The SMILES string of the molecule is CCc1nn(C)c(C(=O)OCCCc2ccccc2)c1N. The molecule has 0 saturated carbocycles. The first-order chi connectivity index (χ1) is 10.1. The molecule has 112 valence electrons. The molecule has 0 aliphatic rings. The van der Waals surface area contributed by atoms with E-state index in [9.17, 15) is 4.79 Å². The molecule has 0 amide bonds. The van der Waals surface area contributed by atoms with Crippen LogP contribution in [0.1, 0.15) is 35.1 Å². The standard InChI is InChI=1S/C16H21N3O2/c1-3-13-14(17)15(19(2)18-13)16(20)21-11-7-10-12-8-5-4-6-9-12/h4-6,8-9H,3,7,10-11,17H2,1-2H3. The first kappa shape index (κ1) is 15.1. The van der Waals surface area contributed by atoms with E-state index in [0.717, 1.165) is 18.5 Å². The molecule has 1 heterocycles. The summed E-state index contributed by atoms with van der Waals surface area (Å²) in [4.78, 5) is 12.1. The van der Waals surface area contributed by atoms with Gasteiger partial charge >= 0.3 is 5.97 Å². The lowest BCUT2D eigenvalue weighted by molar-refractivity contribution is 0.0489. The van der Waals surface area contributed by atoms with E-state index in [-0.39, 0.29) is 0 Å². The smallest absolute Gasteiger partial charge is 0.358 e. The monoisotopic (exact) mass is 287 g/mol. The number of benzene rings is 1. The minimum Gasteiger partial charge on any atom is -0.461 e. The van der Waals surface area contributed by atoms with Crippen LogP contribution in [0, 0.1) is 0 Å². The van der Waals surface area contributed by atoms with E-state index >= 15 is 0 Å². The number of rotatable bonds is 6. The van der Waals surface area contributed by atoms with Crippen LogP contribution < -0.4 is 5.73 Å². The van der Waals surface area contributed by atoms with Crippen LogP contribution in [0.5, 0.6) is 0 Å². The van der Waals surface area contributed by atoms with Crippen molar-refractivity contribution in [1.29, 1.82) is 0 Å². The van der Waals surface area contributed by atoms with Crippen molar-refractivity contribution in [3.63, 3.8) is 0 Å². The highest BCUT2D eigenvalue weighted by Gasteiger charge is 2.20. The van der Waals surface area contributed by atoms with Crippen molar-refractivity contribution < 1.29 is 9.53 Å². The van der Waals surface area contributed by atoms with Gasteiger partial charge in [0, 0.05) is 7.05 Å². The summed E-state index contributed by atoms with van der Waals surface area (Å²) in [6.45, 7) is 2.33. The Morgan fingerprint density at radius 2 is 2.05 bits per heavy atom. The number of nitrogens with two attached hydrogens (primary N) is 1. The maximum Gasteiger partial charge on any atom is 0.358 e. The van der Waals surface area contributed by atoms with Crippen molar-refractivity contribution in [1.82, 2.24) is 9.78 Å². The topological polar surface area (TPSA) is 70.1 Å². The Morgan fingerprint density at radius 3 is 2.67 bits per heavy atom. The molecule has 2 N–H and O–H groups in total. The van der Waals surface area contributed by atoms with E-state index in [2.05, 4.69) is 17.2 Å². The molecule has 0 aliphatic carbocycles. The molecule has 0 atom stereocenters. The van der Waals surface area contributed by atoms with E-state index in [0.29, 0.717) is 24.4 Å². The molecule has 0 bridgehead atoms. The molecule has 5 nitrogen and oxygen atoms in total. The fourth-order valence-corrected chi connectivity index (χ4v) is 2.25. The average Bonchev–Trinajstić information content (AvgIpc) is 2.79. The normalized spacial score (nSPS) is 10.6. The number of aryl methyl sites for hydroxylation is 3. The highest BCUT2D eigenvalue weighted by Crippen LogP contribution is 2.18. The van der Waals surface area contributed by atoms with Gasteiger partial charge in [0.25, 0.3) is 0 Å². The van der Waals surface area contributed by atoms with Gasteiger partial charge in [-0.2, -0.15) is 5.10 Å². The summed E-state index contributed by atoms with van der Waals surface area (Å²) in [5, 5.41) is 4.22. The minimum absolute atomic E-state index is 0.339. The van der Waals surface area contributed by atoms with Gasteiger partial charge in [-0.15, -0.1) is 0 Å². The highest BCUT2D eigenvalue weighted by molar-refractivity contribution is 5.93. The number of nitrogens with zero attached hydrogens (tertiary/aromatic N) is 2. The van der Waals surface area contributed by atoms with E-state index < -0.39 is 5.97 Å². The van der Waals surface area contributed by atoms with Crippen molar-refractivity contribution in [3.05, 3.63) is 47.3 Å². The Hall–Kier alpha value is -2.30. The van der Waals surface area contributed by atoms with Gasteiger partial charge in [0.2, 0.25) is 0 Å². The predicted octanol–water partition coefficient (Wildman–Crippen LogP) is 2.35. The average molecular weight is 287 g/mol. The van der Waals surface area contributed by atoms with Crippen molar-refractivity contribution in [2.75, 3.05) is 12.3 Å². The lowest BCUT2D eigenvalue weighted by Gasteiger charge is -2.06. The van der Waals surface area contributed by atoms with Crippen LogP contribution in [0.15, 0.2) is 30.3 Å². The van der Waals surface area contributed by atoms with Crippen LogP contribution in [0.3, 0.4) is 0 Å². The Bertz CT molecular complexity index is 605. The fraction of sp³-hybridized carbons (Fsp3) is 0.375. The van der Waals surface area contributed by atoms with Gasteiger partial charge in [-0.05, 0) is 24.8 Å². The molecule has 0 radical (unpaired) electrons. The van der Waals surface area contributed by atoms with Gasteiger partial charge in [-0.3, -0.25) is 4.68 Å². The molecule has 2 rings (SSSR count). The van der Waals surface area contributed by atoms with Gasteiger partial charge in [0.05, 0.1) is 18.0 Å². The first-order valence-electron chi connectivity index (χ1n) is 7.15. The summed E-state index contributed by atoms with van der Waals surface area (Å²) in [7, 11) is 1.70. The van der Waals surface area contributed by atoms with Gasteiger partial charge in [0.15, 0.2) is 5.69 Å². The van der Waals surface area contributed by atoms with E-state index in [1.165, 1.54) is 10.2 Å². The lowest BCUT2D eigenvalue weighted by atomic mass is 10.1.